The van der Waals surface area contributed by atoms with Crippen LogP contribution in [0.3, 0.4) is 0 Å². The molecule has 36 heavy (non-hydrogen) atoms. The number of nitrogens with zero attached hydrogens (tertiary/aromatic N) is 3. The minimum absolute atomic E-state index is 0.384. The van der Waals surface area contributed by atoms with E-state index in [1.165, 1.54) is 85.9 Å². The Morgan fingerprint density at radius 1 is 0.972 bits per heavy atom. The lowest BCUT2D eigenvalue weighted by molar-refractivity contribution is 0.0697. The number of carboxylic acid groups (broad SMARTS) is 1. The van der Waals surface area contributed by atoms with Crippen LogP contribution in [-0.4, -0.2) is 53.3 Å². The molecule has 0 amide bonds. The number of benzene rings is 2. The van der Waals surface area contributed by atoms with Gasteiger partial charge in [0.1, 0.15) is 0 Å². The lowest BCUT2D eigenvalue weighted by Gasteiger charge is -2.36. The monoisotopic (exact) mass is 485 g/mol. The van der Waals surface area contributed by atoms with E-state index in [0.717, 1.165) is 31.7 Å². The molecule has 5 heteroatoms. The lowest BCUT2D eigenvalue weighted by Crippen LogP contribution is -2.41. The van der Waals surface area contributed by atoms with Crippen LogP contribution >= 0.6 is 0 Å². The van der Waals surface area contributed by atoms with E-state index in [1.54, 1.807) is 6.07 Å². The Morgan fingerprint density at radius 2 is 1.81 bits per heavy atom. The Bertz CT molecular complexity index is 1260. The number of aromatic nitrogens is 1. The number of rotatable bonds is 5. The minimum Gasteiger partial charge on any atom is -0.478 e. The van der Waals surface area contributed by atoms with E-state index in [1.807, 2.05) is 6.07 Å². The van der Waals surface area contributed by atoms with Crippen LogP contribution in [0.4, 0.5) is 5.69 Å². The van der Waals surface area contributed by atoms with E-state index >= 15 is 0 Å². The van der Waals surface area contributed by atoms with Crippen molar-refractivity contribution in [1.82, 2.24) is 9.47 Å². The zero-order valence-corrected chi connectivity index (χ0v) is 21.6. The molecular weight excluding hydrogens is 446 g/mol. The molecule has 1 atom stereocenters. The standard InChI is InChI=1S/C31H39N3O2/c1-2-32-16-8-9-22(20-32)21-33-17-18-34-28-19-24(31(35)36)14-15-25(28)29(23-10-4-3-5-11-23)30(34)26-12-6-7-13-27(26)33/h6-7,12-15,19,22-23H,2-5,8-11,16-18,20-21H2,1H3,(H,35,36). The second-order valence-electron chi connectivity index (χ2n) is 11.2. The van der Waals surface area contributed by atoms with E-state index in [4.69, 9.17) is 0 Å². The molecule has 190 valence electrons. The van der Waals surface area contributed by atoms with Crippen molar-refractivity contribution in [3.63, 3.8) is 0 Å². The molecule has 2 aliphatic heterocycles. The first kappa shape index (κ1) is 23.6. The second kappa shape index (κ2) is 9.93. The molecule has 6 rings (SSSR count). The molecule has 0 spiro atoms. The first-order valence-electron chi connectivity index (χ1n) is 14.1. The topological polar surface area (TPSA) is 48.7 Å². The fraction of sp³-hybridized carbons (Fsp3) is 0.516. The highest BCUT2D eigenvalue weighted by Crippen LogP contribution is 2.47. The number of carbonyl (C=O) groups is 1. The third kappa shape index (κ3) is 4.21. The van der Waals surface area contributed by atoms with Crippen molar-refractivity contribution in [3.05, 3.63) is 53.6 Å². The van der Waals surface area contributed by atoms with Gasteiger partial charge in [-0.3, -0.25) is 0 Å². The van der Waals surface area contributed by atoms with Gasteiger partial charge >= 0.3 is 5.97 Å². The first-order valence-corrected chi connectivity index (χ1v) is 14.1. The molecule has 3 aromatic rings. The Hall–Kier alpha value is -2.79. The van der Waals surface area contributed by atoms with Crippen LogP contribution in [-0.2, 0) is 6.54 Å². The number of aromatic carboxylic acids is 1. The average Bonchev–Trinajstić information content (AvgIpc) is 3.16. The summed E-state index contributed by atoms with van der Waals surface area (Å²) in [4.78, 5) is 17.1. The van der Waals surface area contributed by atoms with Gasteiger partial charge in [-0.25, -0.2) is 4.79 Å². The van der Waals surface area contributed by atoms with Gasteiger partial charge in [-0.2, -0.15) is 0 Å². The summed E-state index contributed by atoms with van der Waals surface area (Å²) in [5.74, 6) is 0.390. The van der Waals surface area contributed by atoms with Crippen LogP contribution < -0.4 is 4.90 Å². The molecule has 0 radical (unpaired) electrons. The number of hydrogen-bond acceptors (Lipinski definition) is 3. The fourth-order valence-electron chi connectivity index (χ4n) is 7.22. The zero-order valence-electron chi connectivity index (χ0n) is 21.6. The Morgan fingerprint density at radius 3 is 2.61 bits per heavy atom. The van der Waals surface area contributed by atoms with Crippen molar-refractivity contribution in [3.8, 4) is 11.3 Å². The van der Waals surface area contributed by atoms with Crippen molar-refractivity contribution in [2.45, 2.75) is 64.3 Å². The summed E-state index contributed by atoms with van der Waals surface area (Å²) >= 11 is 0. The largest absolute Gasteiger partial charge is 0.478 e. The zero-order chi connectivity index (χ0) is 24.6. The summed E-state index contributed by atoms with van der Waals surface area (Å²) in [7, 11) is 0. The van der Waals surface area contributed by atoms with Crippen LogP contribution in [0.15, 0.2) is 42.5 Å². The number of piperidine rings is 1. The van der Waals surface area contributed by atoms with Gasteiger partial charge in [-0.05, 0) is 74.4 Å². The normalized spacial score (nSPS) is 21.2. The second-order valence-corrected chi connectivity index (χ2v) is 11.2. The van der Waals surface area contributed by atoms with Crippen LogP contribution in [0.5, 0.6) is 0 Å². The number of carboxylic acids is 1. The third-order valence-electron chi connectivity index (χ3n) is 8.99. The van der Waals surface area contributed by atoms with Crippen LogP contribution in [0.2, 0.25) is 0 Å². The maximum absolute atomic E-state index is 11.9. The van der Waals surface area contributed by atoms with Crippen LogP contribution in [0.1, 0.15) is 73.7 Å². The molecule has 1 N–H and O–H groups in total. The van der Waals surface area contributed by atoms with Crippen molar-refractivity contribution >= 4 is 22.6 Å². The highest BCUT2D eigenvalue weighted by atomic mass is 16.4. The predicted molar refractivity (Wildman–Crippen MR) is 147 cm³/mol. The SMILES string of the molecule is CCN1CCCC(CN2CCn3c(c(C4CCCCC4)c4ccc(C(=O)O)cc43)-c3ccccc32)C1. The molecule has 1 unspecified atom stereocenters. The summed E-state index contributed by atoms with van der Waals surface area (Å²) in [6, 6.07) is 14.8. The summed E-state index contributed by atoms with van der Waals surface area (Å²) in [6.07, 6.45) is 8.96. The summed E-state index contributed by atoms with van der Waals surface area (Å²) in [6.45, 7) is 8.78. The van der Waals surface area contributed by atoms with E-state index in [0.29, 0.717) is 17.4 Å². The van der Waals surface area contributed by atoms with Gasteiger partial charge in [0.25, 0.3) is 0 Å². The van der Waals surface area contributed by atoms with Gasteiger partial charge in [0, 0.05) is 48.3 Å². The summed E-state index contributed by atoms with van der Waals surface area (Å²) in [5, 5.41) is 11.0. The van der Waals surface area contributed by atoms with E-state index in [-0.39, 0.29) is 0 Å². The van der Waals surface area contributed by atoms with Gasteiger partial charge in [0.05, 0.1) is 11.3 Å². The fourth-order valence-corrected chi connectivity index (χ4v) is 7.22. The molecule has 3 heterocycles. The highest BCUT2D eigenvalue weighted by Gasteiger charge is 2.31. The maximum Gasteiger partial charge on any atom is 0.335 e. The molecule has 0 bridgehead atoms. The highest BCUT2D eigenvalue weighted by molar-refractivity contribution is 5.99. The number of fused-ring (bicyclic) bond motifs is 5. The molecule has 1 saturated heterocycles. The van der Waals surface area contributed by atoms with Gasteiger partial charge < -0.3 is 19.5 Å². The quantitative estimate of drug-likeness (QED) is 0.442. The van der Waals surface area contributed by atoms with E-state index in [9.17, 15) is 9.90 Å². The third-order valence-corrected chi connectivity index (χ3v) is 8.99. The minimum atomic E-state index is -0.847. The Labute approximate surface area is 214 Å². The maximum atomic E-state index is 11.9. The number of hydrogen-bond donors (Lipinski definition) is 1. The molecule has 1 aliphatic carbocycles. The van der Waals surface area contributed by atoms with Crippen molar-refractivity contribution in [2.24, 2.45) is 5.92 Å². The van der Waals surface area contributed by atoms with E-state index in [2.05, 4.69) is 51.6 Å². The average molecular weight is 486 g/mol. The summed E-state index contributed by atoms with van der Waals surface area (Å²) in [5.41, 5.74) is 6.96. The predicted octanol–water partition coefficient (Wildman–Crippen LogP) is 6.61. The van der Waals surface area contributed by atoms with Crippen molar-refractivity contribution < 1.29 is 9.90 Å². The van der Waals surface area contributed by atoms with Crippen LogP contribution in [0, 0.1) is 5.92 Å². The number of likely N-dealkylation sites (tertiary alicyclic amines) is 1. The molecule has 2 fully saturated rings. The molecule has 1 aromatic heterocycles. The number of anilines is 1. The van der Waals surface area contributed by atoms with Gasteiger partial charge in [0.2, 0.25) is 0 Å². The van der Waals surface area contributed by atoms with E-state index < -0.39 is 5.97 Å². The molecular formula is C31H39N3O2. The Kier molecular flexibility index (Phi) is 6.51. The molecule has 2 aromatic carbocycles. The molecule has 5 nitrogen and oxygen atoms in total. The van der Waals surface area contributed by atoms with Crippen LogP contribution in [0.25, 0.3) is 22.2 Å². The van der Waals surface area contributed by atoms with Gasteiger partial charge in [-0.15, -0.1) is 0 Å². The lowest BCUT2D eigenvalue weighted by atomic mass is 9.81. The Balaban J connectivity index is 1.47. The van der Waals surface area contributed by atoms with Crippen molar-refractivity contribution in [2.75, 3.05) is 37.6 Å². The molecule has 3 aliphatic rings. The van der Waals surface area contributed by atoms with Gasteiger partial charge in [-0.1, -0.05) is 50.5 Å². The van der Waals surface area contributed by atoms with Crippen molar-refractivity contribution in [1.29, 1.82) is 0 Å². The summed E-state index contributed by atoms with van der Waals surface area (Å²) < 4.78 is 2.46. The number of para-hydroxylation sites is 1. The molecule has 1 saturated carbocycles. The van der Waals surface area contributed by atoms with Gasteiger partial charge in [0.15, 0.2) is 0 Å². The first-order chi connectivity index (χ1) is 17.6. The smallest absolute Gasteiger partial charge is 0.335 e.